The van der Waals surface area contributed by atoms with E-state index < -0.39 is 33.7 Å². The largest absolute Gasteiger partial charge is 0.493 e. The van der Waals surface area contributed by atoms with Gasteiger partial charge in [-0.15, -0.1) is 0 Å². The molecule has 0 amide bonds. The van der Waals surface area contributed by atoms with Gasteiger partial charge in [-0.25, -0.2) is 21.6 Å². The summed E-state index contributed by atoms with van der Waals surface area (Å²) < 4.78 is 75.8. The van der Waals surface area contributed by atoms with Crippen molar-refractivity contribution in [1.29, 1.82) is 0 Å². The second-order valence-electron chi connectivity index (χ2n) is 8.16. The lowest BCUT2D eigenvalue weighted by Crippen LogP contribution is -2.30. The summed E-state index contributed by atoms with van der Waals surface area (Å²) in [5, 5.41) is 11.8. The number of rotatable bonds is 7. The van der Waals surface area contributed by atoms with E-state index >= 15 is 0 Å². The number of hydrogen-bond donors (Lipinski definition) is 1. The molecule has 1 aromatic heterocycles. The van der Waals surface area contributed by atoms with Crippen molar-refractivity contribution in [1.82, 2.24) is 10.2 Å². The van der Waals surface area contributed by atoms with Gasteiger partial charge in [-0.3, -0.25) is 0 Å². The number of fused-ring (bicyclic) bond motifs is 1. The Morgan fingerprint density at radius 1 is 1.12 bits per heavy atom. The van der Waals surface area contributed by atoms with Gasteiger partial charge in [0.15, 0.2) is 21.3 Å². The van der Waals surface area contributed by atoms with E-state index in [-0.39, 0.29) is 23.2 Å². The fraction of sp³-hybridized carbons (Fsp3) is 0.391. The van der Waals surface area contributed by atoms with Crippen LogP contribution in [0.25, 0.3) is 10.9 Å². The maximum Gasteiger partial charge on any atom is 0.266 e. The number of methoxy groups -OCH3 is 1. The Balaban J connectivity index is 1.65. The number of benzene rings is 2. The minimum absolute atomic E-state index is 0.0621. The van der Waals surface area contributed by atoms with Crippen LogP contribution in [0.5, 0.6) is 11.5 Å². The summed E-state index contributed by atoms with van der Waals surface area (Å²) in [5.41, 5.74) is 0.419. The SMILES string of the molecule is COc1cc2nncc(N[C@H](C)c3cccc(C(F)F)c3F)c2cc1OC1CCS(=O)(=O)CC1. The van der Waals surface area contributed by atoms with Crippen LogP contribution in [-0.4, -0.2) is 43.3 Å². The van der Waals surface area contributed by atoms with Crippen LogP contribution in [0, 0.1) is 5.82 Å². The van der Waals surface area contributed by atoms with Gasteiger partial charge in [0.05, 0.1) is 47.6 Å². The van der Waals surface area contributed by atoms with E-state index in [2.05, 4.69) is 15.5 Å². The number of halogens is 3. The van der Waals surface area contributed by atoms with Crippen molar-refractivity contribution in [3.63, 3.8) is 0 Å². The van der Waals surface area contributed by atoms with Crippen molar-refractivity contribution < 1.29 is 31.1 Å². The molecule has 0 unspecified atom stereocenters. The number of ether oxygens (including phenoxy) is 2. The molecule has 1 N–H and O–H groups in total. The maximum absolute atomic E-state index is 14.6. The normalized spacial score (nSPS) is 17.0. The average molecular weight is 496 g/mol. The van der Waals surface area contributed by atoms with Gasteiger partial charge in [-0.2, -0.15) is 10.2 Å². The smallest absolute Gasteiger partial charge is 0.266 e. The van der Waals surface area contributed by atoms with E-state index in [9.17, 15) is 21.6 Å². The third-order valence-corrected chi connectivity index (χ3v) is 7.57. The fourth-order valence-electron chi connectivity index (χ4n) is 3.98. The predicted octanol–water partition coefficient (Wildman–Crippen LogP) is 4.84. The molecule has 11 heteroatoms. The second kappa shape index (κ2) is 9.65. The van der Waals surface area contributed by atoms with E-state index in [1.165, 1.54) is 25.4 Å². The summed E-state index contributed by atoms with van der Waals surface area (Å²) >= 11 is 0. The Morgan fingerprint density at radius 2 is 1.82 bits per heavy atom. The molecule has 34 heavy (non-hydrogen) atoms. The highest BCUT2D eigenvalue weighted by Gasteiger charge is 2.26. The number of anilines is 1. The topological polar surface area (TPSA) is 90.4 Å². The molecule has 0 spiro atoms. The van der Waals surface area contributed by atoms with E-state index in [0.29, 0.717) is 40.9 Å². The molecule has 4 rings (SSSR count). The third kappa shape index (κ3) is 5.03. The summed E-state index contributed by atoms with van der Waals surface area (Å²) in [6.45, 7) is 1.66. The molecular formula is C23H24F3N3O4S. The van der Waals surface area contributed by atoms with Gasteiger partial charge in [0.25, 0.3) is 6.43 Å². The molecule has 2 heterocycles. The minimum Gasteiger partial charge on any atom is -0.493 e. The van der Waals surface area contributed by atoms with Crippen molar-refractivity contribution in [2.75, 3.05) is 23.9 Å². The summed E-state index contributed by atoms with van der Waals surface area (Å²) in [5.74, 6) is -0.00842. The Bertz CT molecular complexity index is 1290. The van der Waals surface area contributed by atoms with E-state index in [4.69, 9.17) is 9.47 Å². The van der Waals surface area contributed by atoms with Crippen LogP contribution in [-0.2, 0) is 9.84 Å². The van der Waals surface area contributed by atoms with Crippen LogP contribution < -0.4 is 14.8 Å². The van der Waals surface area contributed by atoms with E-state index in [1.54, 1.807) is 19.1 Å². The van der Waals surface area contributed by atoms with Crippen molar-refractivity contribution in [3.8, 4) is 11.5 Å². The van der Waals surface area contributed by atoms with Crippen molar-refractivity contribution in [3.05, 3.63) is 53.5 Å². The van der Waals surface area contributed by atoms with Gasteiger partial charge in [0, 0.05) is 17.0 Å². The summed E-state index contributed by atoms with van der Waals surface area (Å²) in [6, 6.07) is 6.59. The van der Waals surface area contributed by atoms with Gasteiger partial charge < -0.3 is 14.8 Å². The molecule has 182 valence electrons. The first-order valence-corrected chi connectivity index (χ1v) is 12.5. The summed E-state index contributed by atoms with van der Waals surface area (Å²) in [6.07, 6.45) is -0.999. The highest BCUT2D eigenvalue weighted by atomic mass is 32.2. The first-order valence-electron chi connectivity index (χ1n) is 10.7. The van der Waals surface area contributed by atoms with Gasteiger partial charge in [0.1, 0.15) is 11.9 Å². The Kier molecular flexibility index (Phi) is 6.83. The van der Waals surface area contributed by atoms with Crippen molar-refractivity contribution in [2.24, 2.45) is 0 Å². The zero-order valence-electron chi connectivity index (χ0n) is 18.6. The molecule has 0 bridgehead atoms. The van der Waals surface area contributed by atoms with Gasteiger partial charge in [-0.1, -0.05) is 18.2 Å². The lowest BCUT2D eigenvalue weighted by Gasteiger charge is -2.24. The molecule has 0 radical (unpaired) electrons. The van der Waals surface area contributed by atoms with Crippen molar-refractivity contribution >= 4 is 26.4 Å². The molecule has 0 saturated carbocycles. The number of nitrogens with zero attached hydrogens (tertiary/aromatic N) is 2. The predicted molar refractivity (Wildman–Crippen MR) is 122 cm³/mol. The molecule has 3 aromatic rings. The maximum atomic E-state index is 14.6. The Hall–Kier alpha value is -3.08. The van der Waals surface area contributed by atoms with Crippen LogP contribution in [0.2, 0.25) is 0 Å². The van der Waals surface area contributed by atoms with E-state index in [1.807, 2.05) is 0 Å². The monoisotopic (exact) mass is 495 g/mol. The van der Waals surface area contributed by atoms with Gasteiger partial charge in [-0.05, 0) is 25.8 Å². The fourth-order valence-corrected chi connectivity index (χ4v) is 5.43. The molecule has 0 aliphatic carbocycles. The Morgan fingerprint density at radius 3 is 2.50 bits per heavy atom. The lowest BCUT2D eigenvalue weighted by molar-refractivity contribution is 0.146. The van der Waals surface area contributed by atoms with Gasteiger partial charge in [0.2, 0.25) is 0 Å². The Labute approximate surface area is 195 Å². The highest BCUT2D eigenvalue weighted by molar-refractivity contribution is 7.91. The molecule has 1 aliphatic heterocycles. The molecule has 1 aliphatic rings. The number of sulfone groups is 1. The van der Waals surface area contributed by atoms with Gasteiger partial charge >= 0.3 is 0 Å². The number of alkyl halides is 2. The van der Waals surface area contributed by atoms with Crippen LogP contribution in [0.15, 0.2) is 36.5 Å². The van der Waals surface area contributed by atoms with Crippen LogP contribution in [0.4, 0.5) is 18.9 Å². The summed E-state index contributed by atoms with van der Waals surface area (Å²) in [7, 11) is -1.55. The first kappa shape index (κ1) is 24.1. The number of nitrogens with one attached hydrogen (secondary N) is 1. The minimum atomic E-state index is -3.03. The first-order chi connectivity index (χ1) is 16.2. The van der Waals surface area contributed by atoms with Crippen molar-refractivity contribution in [2.45, 2.75) is 38.3 Å². The number of hydrogen-bond acceptors (Lipinski definition) is 7. The number of aromatic nitrogens is 2. The van der Waals surface area contributed by atoms with Crippen LogP contribution in [0.3, 0.4) is 0 Å². The summed E-state index contributed by atoms with van der Waals surface area (Å²) in [4.78, 5) is 0. The molecule has 1 saturated heterocycles. The molecular weight excluding hydrogens is 471 g/mol. The van der Waals surface area contributed by atoms with E-state index in [0.717, 1.165) is 6.07 Å². The second-order valence-corrected chi connectivity index (χ2v) is 10.5. The lowest BCUT2D eigenvalue weighted by atomic mass is 10.0. The average Bonchev–Trinajstić information content (AvgIpc) is 2.80. The quantitative estimate of drug-likeness (QED) is 0.501. The zero-order chi connectivity index (χ0) is 24.5. The standard InChI is InChI=1S/C23H24F3N3O4S/c1-13(15-4-3-5-16(22(15)24)23(25)26)28-19-12-27-29-18-11-20(32-2)21(10-17(18)19)33-14-6-8-34(30,31)9-7-14/h3-5,10-14,23H,6-9H2,1-2H3,(H,28,29)/t13-/m1/s1. The van der Waals surface area contributed by atoms with Crippen LogP contribution >= 0.6 is 0 Å². The molecule has 1 fully saturated rings. The molecule has 2 aromatic carbocycles. The third-order valence-electron chi connectivity index (χ3n) is 5.85. The highest BCUT2D eigenvalue weighted by Crippen LogP contribution is 2.37. The van der Waals surface area contributed by atoms with Crippen LogP contribution in [0.1, 0.15) is 43.4 Å². The molecule has 1 atom stereocenters. The zero-order valence-corrected chi connectivity index (χ0v) is 19.4. The molecule has 7 nitrogen and oxygen atoms in total.